The van der Waals surface area contributed by atoms with Crippen LogP contribution in [0.3, 0.4) is 0 Å². The Morgan fingerprint density at radius 3 is 2.41 bits per heavy atom. The third-order valence-electron chi connectivity index (χ3n) is 3.65. The van der Waals surface area contributed by atoms with Crippen LogP contribution in [-0.2, 0) is 9.59 Å². The number of nitrogens with zero attached hydrogens (tertiary/aromatic N) is 1. The van der Waals surface area contributed by atoms with Crippen molar-refractivity contribution in [2.75, 3.05) is 18.8 Å². The minimum absolute atomic E-state index is 0.0528. The summed E-state index contributed by atoms with van der Waals surface area (Å²) in [5.41, 5.74) is 0. The monoisotopic (exact) mass is 257 g/mol. The van der Waals surface area contributed by atoms with E-state index in [2.05, 4.69) is 13.8 Å². The van der Waals surface area contributed by atoms with E-state index < -0.39 is 11.9 Å². The lowest BCUT2D eigenvalue weighted by atomic mass is 9.73. The molecule has 5 heteroatoms. The molecule has 0 radical (unpaired) electrons. The van der Waals surface area contributed by atoms with Gasteiger partial charge in [-0.05, 0) is 26.7 Å². The van der Waals surface area contributed by atoms with E-state index in [9.17, 15) is 9.59 Å². The molecule has 2 unspecified atom stereocenters. The van der Waals surface area contributed by atoms with Gasteiger partial charge >= 0.3 is 5.97 Å². The van der Waals surface area contributed by atoms with Crippen molar-refractivity contribution in [1.29, 1.82) is 0 Å². The van der Waals surface area contributed by atoms with Crippen molar-refractivity contribution in [1.82, 2.24) is 4.90 Å². The fraction of sp³-hybridized carbons (Fsp3) is 0.833. The van der Waals surface area contributed by atoms with Crippen LogP contribution < -0.4 is 0 Å². The van der Waals surface area contributed by atoms with Crippen LogP contribution in [0.2, 0.25) is 0 Å². The quantitative estimate of drug-likeness (QED) is 0.813. The Morgan fingerprint density at radius 1 is 1.29 bits per heavy atom. The normalized spacial score (nSPS) is 31.8. The standard InChI is InChI=1S/C12H19NO3S/c1-12(2)7-13(5-6-17-12)10(14)8-3-4-9(8)11(15)16/h8-9H,3-7H2,1-2H3,(H,15,16). The Balaban J connectivity index is 1.98. The van der Waals surface area contributed by atoms with Crippen LogP contribution in [0.4, 0.5) is 0 Å². The predicted octanol–water partition coefficient (Wildman–Crippen LogP) is 1.45. The molecule has 0 aromatic heterocycles. The molecule has 1 aliphatic carbocycles. The summed E-state index contributed by atoms with van der Waals surface area (Å²) >= 11 is 1.88. The van der Waals surface area contributed by atoms with Crippen LogP contribution in [0.5, 0.6) is 0 Å². The molecule has 1 saturated carbocycles. The van der Waals surface area contributed by atoms with Gasteiger partial charge in [0.25, 0.3) is 0 Å². The second-order valence-corrected chi connectivity index (χ2v) is 7.30. The predicted molar refractivity (Wildman–Crippen MR) is 67.0 cm³/mol. The summed E-state index contributed by atoms with van der Waals surface area (Å²) in [7, 11) is 0. The van der Waals surface area contributed by atoms with Crippen molar-refractivity contribution < 1.29 is 14.7 Å². The number of carbonyl (C=O) groups excluding carboxylic acids is 1. The maximum absolute atomic E-state index is 12.2. The molecule has 2 rings (SSSR count). The first-order valence-corrected chi connectivity index (χ1v) is 7.05. The van der Waals surface area contributed by atoms with E-state index in [1.54, 1.807) is 0 Å². The maximum atomic E-state index is 12.2. The van der Waals surface area contributed by atoms with E-state index in [0.29, 0.717) is 6.42 Å². The van der Waals surface area contributed by atoms with Gasteiger partial charge in [0.15, 0.2) is 0 Å². The van der Waals surface area contributed by atoms with Crippen molar-refractivity contribution in [2.45, 2.75) is 31.4 Å². The molecule has 17 heavy (non-hydrogen) atoms. The van der Waals surface area contributed by atoms with Crippen molar-refractivity contribution in [3.8, 4) is 0 Å². The largest absolute Gasteiger partial charge is 0.481 e. The van der Waals surface area contributed by atoms with Crippen LogP contribution in [0, 0.1) is 11.8 Å². The average Bonchev–Trinajstić information content (AvgIpc) is 2.13. The lowest BCUT2D eigenvalue weighted by molar-refractivity contribution is -0.156. The third kappa shape index (κ3) is 2.59. The topological polar surface area (TPSA) is 57.6 Å². The number of carboxylic acid groups (broad SMARTS) is 1. The molecule has 0 spiro atoms. The number of hydrogen-bond donors (Lipinski definition) is 1. The highest BCUT2D eigenvalue weighted by Crippen LogP contribution is 2.38. The summed E-state index contributed by atoms with van der Waals surface area (Å²) in [4.78, 5) is 25.0. The Labute approximate surface area is 106 Å². The average molecular weight is 257 g/mol. The zero-order valence-corrected chi connectivity index (χ0v) is 11.1. The molecular weight excluding hydrogens is 238 g/mol. The molecular formula is C12H19NO3S. The number of rotatable bonds is 2. The van der Waals surface area contributed by atoms with E-state index in [-0.39, 0.29) is 16.6 Å². The van der Waals surface area contributed by atoms with E-state index in [1.807, 2.05) is 16.7 Å². The number of thioether (sulfide) groups is 1. The van der Waals surface area contributed by atoms with Gasteiger partial charge in [-0.1, -0.05) is 0 Å². The van der Waals surface area contributed by atoms with E-state index in [4.69, 9.17) is 5.11 Å². The molecule has 4 nitrogen and oxygen atoms in total. The van der Waals surface area contributed by atoms with Gasteiger partial charge in [0.2, 0.25) is 5.91 Å². The van der Waals surface area contributed by atoms with E-state index in [0.717, 1.165) is 25.3 Å². The second-order valence-electron chi connectivity index (χ2n) is 5.50. The SMILES string of the molecule is CC1(C)CN(C(=O)C2CCC2C(=O)O)CCS1. The minimum atomic E-state index is -0.819. The Bertz CT molecular complexity index is 343. The molecule has 1 amide bonds. The molecule has 1 N–H and O–H groups in total. The summed E-state index contributed by atoms with van der Waals surface area (Å²) in [6.45, 7) is 5.76. The molecule has 1 aliphatic heterocycles. The lowest BCUT2D eigenvalue weighted by Crippen LogP contribution is -2.52. The van der Waals surface area contributed by atoms with Crippen LogP contribution in [0.25, 0.3) is 0 Å². The molecule has 1 heterocycles. The fourth-order valence-electron chi connectivity index (χ4n) is 2.53. The molecule has 0 aromatic rings. The zero-order valence-electron chi connectivity index (χ0n) is 10.3. The molecule has 96 valence electrons. The Hall–Kier alpha value is -0.710. The third-order valence-corrected chi connectivity index (χ3v) is 4.94. The summed E-state index contributed by atoms with van der Waals surface area (Å²) in [6.07, 6.45) is 1.39. The minimum Gasteiger partial charge on any atom is -0.481 e. The van der Waals surface area contributed by atoms with Gasteiger partial charge in [0, 0.05) is 23.6 Å². The first-order valence-electron chi connectivity index (χ1n) is 6.06. The number of hydrogen-bond acceptors (Lipinski definition) is 3. The first kappa shape index (κ1) is 12.7. The summed E-state index contributed by atoms with van der Waals surface area (Å²) in [6, 6.07) is 0. The highest BCUT2D eigenvalue weighted by molar-refractivity contribution is 8.00. The number of aliphatic carboxylic acids is 1. The number of amides is 1. The van der Waals surface area contributed by atoms with Gasteiger partial charge in [-0.25, -0.2) is 0 Å². The van der Waals surface area contributed by atoms with Gasteiger partial charge < -0.3 is 10.0 Å². The fourth-order valence-corrected chi connectivity index (χ4v) is 3.64. The second kappa shape index (κ2) is 4.52. The Kier molecular flexibility index (Phi) is 3.39. The maximum Gasteiger partial charge on any atom is 0.307 e. The van der Waals surface area contributed by atoms with Gasteiger partial charge in [-0.15, -0.1) is 0 Å². The van der Waals surface area contributed by atoms with E-state index >= 15 is 0 Å². The Morgan fingerprint density at radius 2 is 1.94 bits per heavy atom. The van der Waals surface area contributed by atoms with Gasteiger partial charge in [-0.2, -0.15) is 11.8 Å². The molecule has 2 atom stereocenters. The van der Waals surface area contributed by atoms with Gasteiger partial charge in [0.05, 0.1) is 11.8 Å². The van der Waals surface area contributed by atoms with Crippen molar-refractivity contribution in [3.63, 3.8) is 0 Å². The van der Waals surface area contributed by atoms with Crippen LogP contribution in [0.1, 0.15) is 26.7 Å². The summed E-state index contributed by atoms with van der Waals surface area (Å²) < 4.78 is 0.0936. The van der Waals surface area contributed by atoms with Crippen LogP contribution in [0.15, 0.2) is 0 Å². The highest BCUT2D eigenvalue weighted by Gasteiger charge is 2.44. The summed E-state index contributed by atoms with van der Waals surface area (Å²) in [5, 5.41) is 8.98. The van der Waals surface area contributed by atoms with E-state index in [1.165, 1.54) is 0 Å². The van der Waals surface area contributed by atoms with Crippen LogP contribution >= 0.6 is 11.8 Å². The summed E-state index contributed by atoms with van der Waals surface area (Å²) in [5.74, 6) is -0.535. The molecule has 1 saturated heterocycles. The highest BCUT2D eigenvalue weighted by atomic mass is 32.2. The first-order chi connectivity index (χ1) is 7.91. The van der Waals surface area contributed by atoms with Crippen molar-refractivity contribution in [2.24, 2.45) is 11.8 Å². The number of carboxylic acids is 1. The van der Waals surface area contributed by atoms with Gasteiger partial charge in [0.1, 0.15) is 0 Å². The zero-order chi connectivity index (χ0) is 12.6. The molecule has 2 aliphatic rings. The smallest absolute Gasteiger partial charge is 0.307 e. The van der Waals surface area contributed by atoms with Gasteiger partial charge in [-0.3, -0.25) is 9.59 Å². The van der Waals surface area contributed by atoms with Crippen LogP contribution in [-0.4, -0.2) is 45.5 Å². The molecule has 2 fully saturated rings. The van der Waals surface area contributed by atoms with Crippen molar-refractivity contribution in [3.05, 3.63) is 0 Å². The molecule has 0 bridgehead atoms. The number of carbonyl (C=O) groups is 2. The van der Waals surface area contributed by atoms with Crippen molar-refractivity contribution >= 4 is 23.6 Å². The molecule has 0 aromatic carbocycles. The lowest BCUT2D eigenvalue weighted by Gasteiger charge is -2.42.